The summed E-state index contributed by atoms with van der Waals surface area (Å²) < 4.78 is 1.88. The van der Waals surface area contributed by atoms with Gasteiger partial charge in [-0.2, -0.15) is 5.10 Å². The van der Waals surface area contributed by atoms with Crippen molar-refractivity contribution in [2.24, 2.45) is 7.05 Å². The smallest absolute Gasteiger partial charge is 0.158 e. The molecule has 0 aliphatic rings. The number of benzene rings is 2. The van der Waals surface area contributed by atoms with E-state index in [0.29, 0.717) is 0 Å². The molecule has 118 valence electrons. The standard InChI is InChI=1S/C20H23N3/c1-5-7-19-21-20(23(4)22-19)17-9-6-8-16(13-17)18-11-14(2)10-15(3)12-18/h6,8-13H,5,7H2,1-4H3. The summed E-state index contributed by atoms with van der Waals surface area (Å²) in [6, 6.07) is 15.2. The highest BCUT2D eigenvalue weighted by Crippen LogP contribution is 2.27. The van der Waals surface area contributed by atoms with Crippen LogP contribution in [0.15, 0.2) is 42.5 Å². The summed E-state index contributed by atoms with van der Waals surface area (Å²) >= 11 is 0. The summed E-state index contributed by atoms with van der Waals surface area (Å²) in [4.78, 5) is 4.69. The minimum atomic E-state index is 0.918. The Labute approximate surface area is 138 Å². The number of hydrogen-bond donors (Lipinski definition) is 0. The van der Waals surface area contributed by atoms with E-state index >= 15 is 0 Å². The molecular weight excluding hydrogens is 282 g/mol. The summed E-state index contributed by atoms with van der Waals surface area (Å²) in [5.74, 6) is 1.85. The largest absolute Gasteiger partial charge is 0.249 e. The lowest BCUT2D eigenvalue weighted by atomic mass is 9.99. The minimum Gasteiger partial charge on any atom is -0.249 e. The second kappa shape index (κ2) is 6.37. The molecule has 0 aliphatic heterocycles. The number of nitrogens with zero attached hydrogens (tertiary/aromatic N) is 3. The Hall–Kier alpha value is -2.42. The lowest BCUT2D eigenvalue weighted by Crippen LogP contribution is -1.95. The Bertz CT molecular complexity index is 810. The maximum absolute atomic E-state index is 4.69. The highest BCUT2D eigenvalue weighted by atomic mass is 15.3. The maximum Gasteiger partial charge on any atom is 0.158 e. The lowest BCUT2D eigenvalue weighted by molar-refractivity contribution is 0.737. The first kappa shape index (κ1) is 15.5. The minimum absolute atomic E-state index is 0.918. The van der Waals surface area contributed by atoms with Gasteiger partial charge in [0, 0.05) is 19.0 Å². The van der Waals surface area contributed by atoms with Crippen molar-refractivity contribution >= 4 is 0 Å². The molecule has 0 spiro atoms. The number of aryl methyl sites for hydroxylation is 4. The third-order valence-electron chi connectivity index (χ3n) is 3.96. The fourth-order valence-corrected chi connectivity index (χ4v) is 3.00. The first-order chi connectivity index (χ1) is 11.1. The molecule has 0 atom stereocenters. The van der Waals surface area contributed by atoms with Crippen LogP contribution in [0.1, 0.15) is 30.3 Å². The number of rotatable bonds is 4. The molecule has 0 saturated carbocycles. The quantitative estimate of drug-likeness (QED) is 0.698. The van der Waals surface area contributed by atoms with Crippen LogP contribution in [0.3, 0.4) is 0 Å². The fourth-order valence-electron chi connectivity index (χ4n) is 3.00. The van der Waals surface area contributed by atoms with Crippen LogP contribution < -0.4 is 0 Å². The third-order valence-corrected chi connectivity index (χ3v) is 3.96. The van der Waals surface area contributed by atoms with E-state index in [0.717, 1.165) is 30.1 Å². The van der Waals surface area contributed by atoms with Crippen LogP contribution in [0.2, 0.25) is 0 Å². The van der Waals surface area contributed by atoms with Crippen molar-refractivity contribution in [1.82, 2.24) is 14.8 Å². The van der Waals surface area contributed by atoms with E-state index < -0.39 is 0 Å². The van der Waals surface area contributed by atoms with Crippen molar-refractivity contribution in [3.05, 3.63) is 59.4 Å². The van der Waals surface area contributed by atoms with Crippen LogP contribution in [0.4, 0.5) is 0 Å². The zero-order valence-electron chi connectivity index (χ0n) is 14.3. The lowest BCUT2D eigenvalue weighted by Gasteiger charge is -2.07. The van der Waals surface area contributed by atoms with Crippen LogP contribution in [0.5, 0.6) is 0 Å². The molecule has 0 bridgehead atoms. The van der Waals surface area contributed by atoms with Gasteiger partial charge in [0.25, 0.3) is 0 Å². The van der Waals surface area contributed by atoms with Crippen molar-refractivity contribution in [2.45, 2.75) is 33.6 Å². The predicted octanol–water partition coefficient (Wildman–Crippen LogP) is 4.72. The van der Waals surface area contributed by atoms with Gasteiger partial charge in [0.15, 0.2) is 11.6 Å². The molecule has 0 N–H and O–H groups in total. The van der Waals surface area contributed by atoms with Crippen LogP contribution >= 0.6 is 0 Å². The number of aromatic nitrogens is 3. The molecule has 0 fully saturated rings. The second-order valence-electron chi connectivity index (χ2n) is 6.18. The van der Waals surface area contributed by atoms with Gasteiger partial charge in [-0.15, -0.1) is 0 Å². The Morgan fingerprint density at radius 1 is 0.913 bits per heavy atom. The molecule has 23 heavy (non-hydrogen) atoms. The van der Waals surface area contributed by atoms with E-state index in [2.05, 4.69) is 68.3 Å². The van der Waals surface area contributed by atoms with Crippen LogP contribution in [0, 0.1) is 13.8 Å². The van der Waals surface area contributed by atoms with Gasteiger partial charge in [-0.25, -0.2) is 9.67 Å². The zero-order chi connectivity index (χ0) is 16.4. The van der Waals surface area contributed by atoms with Crippen molar-refractivity contribution in [3.63, 3.8) is 0 Å². The molecule has 0 amide bonds. The number of hydrogen-bond acceptors (Lipinski definition) is 2. The molecule has 3 aromatic rings. The highest BCUT2D eigenvalue weighted by Gasteiger charge is 2.10. The second-order valence-corrected chi connectivity index (χ2v) is 6.18. The van der Waals surface area contributed by atoms with Crippen molar-refractivity contribution in [2.75, 3.05) is 0 Å². The SMILES string of the molecule is CCCc1nc(-c2cccc(-c3cc(C)cc(C)c3)c2)n(C)n1. The van der Waals surface area contributed by atoms with Gasteiger partial charge in [-0.1, -0.05) is 54.4 Å². The molecule has 3 heteroatoms. The van der Waals surface area contributed by atoms with Gasteiger partial charge >= 0.3 is 0 Å². The Kier molecular flexibility index (Phi) is 4.28. The van der Waals surface area contributed by atoms with E-state index in [-0.39, 0.29) is 0 Å². The van der Waals surface area contributed by atoms with Crippen molar-refractivity contribution in [3.8, 4) is 22.5 Å². The molecule has 1 aromatic heterocycles. The van der Waals surface area contributed by atoms with Crippen molar-refractivity contribution < 1.29 is 0 Å². The molecule has 1 heterocycles. The average Bonchev–Trinajstić information content (AvgIpc) is 2.87. The molecule has 3 nitrogen and oxygen atoms in total. The monoisotopic (exact) mass is 305 g/mol. The van der Waals surface area contributed by atoms with E-state index in [9.17, 15) is 0 Å². The molecule has 3 rings (SSSR count). The zero-order valence-corrected chi connectivity index (χ0v) is 14.3. The summed E-state index contributed by atoms with van der Waals surface area (Å²) in [7, 11) is 1.96. The summed E-state index contributed by atoms with van der Waals surface area (Å²) in [6.45, 7) is 6.43. The van der Waals surface area contributed by atoms with Crippen molar-refractivity contribution in [1.29, 1.82) is 0 Å². The Morgan fingerprint density at radius 3 is 2.30 bits per heavy atom. The van der Waals surface area contributed by atoms with Gasteiger partial charge in [-0.05, 0) is 37.5 Å². The molecule has 2 aromatic carbocycles. The third kappa shape index (κ3) is 3.34. The summed E-state index contributed by atoms with van der Waals surface area (Å²) in [6.07, 6.45) is 1.98. The van der Waals surface area contributed by atoms with Crippen LogP contribution in [-0.4, -0.2) is 14.8 Å². The van der Waals surface area contributed by atoms with Gasteiger partial charge < -0.3 is 0 Å². The first-order valence-corrected chi connectivity index (χ1v) is 8.16. The van der Waals surface area contributed by atoms with Gasteiger partial charge in [0.1, 0.15) is 0 Å². The first-order valence-electron chi connectivity index (χ1n) is 8.16. The topological polar surface area (TPSA) is 30.7 Å². The van der Waals surface area contributed by atoms with Gasteiger partial charge in [-0.3, -0.25) is 0 Å². The maximum atomic E-state index is 4.69. The van der Waals surface area contributed by atoms with Crippen LogP contribution in [0.25, 0.3) is 22.5 Å². The van der Waals surface area contributed by atoms with E-state index in [1.54, 1.807) is 0 Å². The molecule has 0 saturated heterocycles. The Morgan fingerprint density at radius 2 is 1.61 bits per heavy atom. The molecule has 0 aliphatic carbocycles. The Balaban J connectivity index is 2.03. The summed E-state index contributed by atoms with van der Waals surface area (Å²) in [5.41, 5.74) is 6.15. The van der Waals surface area contributed by atoms with E-state index in [4.69, 9.17) is 4.98 Å². The van der Waals surface area contributed by atoms with Crippen LogP contribution in [-0.2, 0) is 13.5 Å². The molecule has 0 radical (unpaired) electrons. The highest BCUT2D eigenvalue weighted by molar-refractivity contribution is 5.71. The van der Waals surface area contributed by atoms with E-state index in [1.807, 2.05) is 11.7 Å². The average molecular weight is 305 g/mol. The predicted molar refractivity (Wildman–Crippen MR) is 95.3 cm³/mol. The van der Waals surface area contributed by atoms with Gasteiger partial charge in [0.05, 0.1) is 0 Å². The molecule has 0 unspecified atom stereocenters. The fraction of sp³-hybridized carbons (Fsp3) is 0.300. The van der Waals surface area contributed by atoms with Gasteiger partial charge in [0.2, 0.25) is 0 Å². The van der Waals surface area contributed by atoms with E-state index in [1.165, 1.54) is 22.3 Å². The normalized spacial score (nSPS) is 11.0. The summed E-state index contributed by atoms with van der Waals surface area (Å²) in [5, 5.41) is 4.51. The molecular formula is C20H23N3.